The maximum Gasteiger partial charge on any atom is 0.134 e. The molecule has 20 heavy (non-hydrogen) atoms. The van der Waals surface area contributed by atoms with Crippen molar-refractivity contribution >= 4 is 16.5 Å². The van der Waals surface area contributed by atoms with Crippen LogP contribution in [0.2, 0.25) is 0 Å². The predicted molar refractivity (Wildman–Crippen MR) is 82.2 cm³/mol. The molecule has 0 radical (unpaired) electrons. The van der Waals surface area contributed by atoms with Gasteiger partial charge in [0.15, 0.2) is 0 Å². The summed E-state index contributed by atoms with van der Waals surface area (Å²) in [6.45, 7) is 4.61. The molecule has 0 aliphatic heterocycles. The highest BCUT2D eigenvalue weighted by Crippen LogP contribution is 2.19. The lowest BCUT2D eigenvalue weighted by Gasteiger charge is -2.16. The van der Waals surface area contributed by atoms with Crippen LogP contribution >= 0.6 is 11.5 Å². The molecule has 0 spiro atoms. The lowest BCUT2D eigenvalue weighted by molar-refractivity contribution is 0.315. The van der Waals surface area contributed by atoms with Gasteiger partial charge in [0.1, 0.15) is 16.4 Å². The van der Waals surface area contributed by atoms with Gasteiger partial charge in [-0.25, -0.2) is 0 Å². The summed E-state index contributed by atoms with van der Waals surface area (Å²) in [6, 6.07) is 8.13. The van der Waals surface area contributed by atoms with E-state index in [9.17, 15) is 0 Å². The first kappa shape index (κ1) is 14.7. The van der Waals surface area contributed by atoms with E-state index in [4.69, 9.17) is 4.74 Å². The molecular formula is C14H20N4OS. The molecule has 0 amide bonds. The molecule has 0 bridgehead atoms. The van der Waals surface area contributed by atoms with Gasteiger partial charge in [0.05, 0.1) is 7.11 Å². The van der Waals surface area contributed by atoms with Crippen molar-refractivity contribution in [2.24, 2.45) is 0 Å². The number of ether oxygens (including phenoxy) is 1. The van der Waals surface area contributed by atoms with Crippen molar-refractivity contribution in [2.75, 3.05) is 26.0 Å². The van der Waals surface area contributed by atoms with E-state index in [-0.39, 0.29) is 0 Å². The Bertz CT molecular complexity index is 526. The third-order valence-corrected chi connectivity index (χ3v) is 3.65. The molecule has 6 heteroatoms. The number of nitrogens with one attached hydrogen (secondary N) is 1. The molecule has 0 fully saturated rings. The van der Waals surface area contributed by atoms with Crippen molar-refractivity contribution in [1.29, 1.82) is 0 Å². The van der Waals surface area contributed by atoms with E-state index in [0.29, 0.717) is 0 Å². The average molecular weight is 292 g/mol. The van der Waals surface area contributed by atoms with Gasteiger partial charge in [-0.3, -0.25) is 4.90 Å². The van der Waals surface area contributed by atoms with Crippen LogP contribution in [0.5, 0.6) is 5.75 Å². The zero-order valence-corrected chi connectivity index (χ0v) is 12.9. The number of aromatic nitrogens is 2. The summed E-state index contributed by atoms with van der Waals surface area (Å²) in [5.74, 6) is 0.884. The molecule has 0 saturated carbocycles. The van der Waals surface area contributed by atoms with Crippen LogP contribution in [0.1, 0.15) is 18.2 Å². The van der Waals surface area contributed by atoms with Crippen LogP contribution in [0.25, 0.3) is 0 Å². The Balaban J connectivity index is 1.94. The average Bonchev–Trinajstić information content (AvgIpc) is 2.87. The largest absolute Gasteiger partial charge is 0.497 e. The van der Waals surface area contributed by atoms with Crippen LogP contribution in [0.15, 0.2) is 24.3 Å². The summed E-state index contributed by atoms with van der Waals surface area (Å²) in [4.78, 5) is 2.22. The molecule has 0 aliphatic carbocycles. The molecular weight excluding hydrogens is 272 g/mol. The highest BCUT2D eigenvalue weighted by Gasteiger charge is 2.10. The van der Waals surface area contributed by atoms with E-state index in [0.717, 1.165) is 36.1 Å². The maximum atomic E-state index is 5.16. The molecule has 2 rings (SSSR count). The monoisotopic (exact) mass is 292 g/mol. The molecule has 0 unspecified atom stereocenters. The van der Waals surface area contributed by atoms with Gasteiger partial charge >= 0.3 is 0 Å². The molecule has 108 valence electrons. The Morgan fingerprint density at radius 1 is 1.25 bits per heavy atom. The third-order valence-electron chi connectivity index (χ3n) is 2.92. The smallest absolute Gasteiger partial charge is 0.134 e. The normalized spacial score (nSPS) is 10.8. The molecule has 5 nitrogen and oxygen atoms in total. The van der Waals surface area contributed by atoms with Crippen LogP contribution in [0, 0.1) is 0 Å². The topological polar surface area (TPSA) is 50.3 Å². The minimum atomic E-state index is 0.783. The van der Waals surface area contributed by atoms with E-state index in [1.54, 1.807) is 7.11 Å². The Morgan fingerprint density at radius 2 is 2.00 bits per heavy atom. The molecule has 0 aliphatic rings. The summed E-state index contributed by atoms with van der Waals surface area (Å²) < 4.78 is 9.17. The minimum Gasteiger partial charge on any atom is -0.497 e. The van der Waals surface area contributed by atoms with Gasteiger partial charge in [-0.1, -0.05) is 16.6 Å². The second-order valence-corrected chi connectivity index (χ2v) is 5.35. The predicted octanol–water partition coefficient (Wildman–Crippen LogP) is 2.61. The van der Waals surface area contributed by atoms with E-state index in [1.807, 2.05) is 12.1 Å². The Hall–Kier alpha value is -1.66. The van der Waals surface area contributed by atoms with Crippen LogP contribution in [-0.4, -0.2) is 35.2 Å². The van der Waals surface area contributed by atoms with Gasteiger partial charge in [-0.05, 0) is 31.7 Å². The first-order valence-electron chi connectivity index (χ1n) is 6.59. The molecule has 2 aromatic rings. The lowest BCUT2D eigenvalue weighted by Crippen LogP contribution is -2.18. The second kappa shape index (κ2) is 7.21. The number of nitrogens with zero attached hydrogens (tertiary/aromatic N) is 3. The fourth-order valence-electron chi connectivity index (χ4n) is 1.96. The van der Waals surface area contributed by atoms with Crippen LogP contribution in [0.3, 0.4) is 0 Å². The van der Waals surface area contributed by atoms with Crippen molar-refractivity contribution in [3.63, 3.8) is 0 Å². The summed E-state index contributed by atoms with van der Waals surface area (Å²) in [5, 5.41) is 8.54. The summed E-state index contributed by atoms with van der Waals surface area (Å²) in [7, 11) is 3.76. The Kier molecular flexibility index (Phi) is 5.31. The lowest BCUT2D eigenvalue weighted by atomic mass is 10.2. The maximum absolute atomic E-state index is 5.16. The van der Waals surface area contributed by atoms with Crippen LogP contribution < -0.4 is 10.1 Å². The van der Waals surface area contributed by atoms with Crippen LogP contribution in [-0.2, 0) is 13.1 Å². The van der Waals surface area contributed by atoms with Crippen molar-refractivity contribution < 1.29 is 4.74 Å². The van der Waals surface area contributed by atoms with E-state index in [2.05, 4.69) is 45.9 Å². The quantitative estimate of drug-likeness (QED) is 0.850. The highest BCUT2D eigenvalue weighted by molar-refractivity contribution is 7.10. The van der Waals surface area contributed by atoms with Crippen LogP contribution in [0.4, 0.5) is 5.00 Å². The number of rotatable bonds is 7. The molecule has 0 atom stereocenters. The molecule has 1 heterocycles. The summed E-state index contributed by atoms with van der Waals surface area (Å²) >= 11 is 1.41. The fraction of sp³-hybridized carbons (Fsp3) is 0.429. The molecule has 1 aromatic heterocycles. The molecule has 0 saturated heterocycles. The zero-order valence-electron chi connectivity index (χ0n) is 12.1. The van der Waals surface area contributed by atoms with Gasteiger partial charge < -0.3 is 10.1 Å². The SMILES string of the molecule is CCNc1snnc1CN(C)Cc1ccc(OC)cc1. The standard InChI is InChI=1S/C14H20N4OS/c1-4-15-14-13(16-17-20-14)10-18(2)9-11-5-7-12(19-3)8-6-11/h5-8,15H,4,9-10H2,1-3H3. The van der Waals surface area contributed by atoms with Gasteiger partial charge in [-0.2, -0.15) is 0 Å². The number of anilines is 1. The second-order valence-electron chi connectivity index (χ2n) is 4.60. The van der Waals surface area contributed by atoms with Gasteiger partial charge in [-0.15, -0.1) is 5.10 Å². The third kappa shape index (κ3) is 3.91. The Morgan fingerprint density at radius 3 is 2.65 bits per heavy atom. The van der Waals surface area contributed by atoms with Crippen molar-refractivity contribution in [3.8, 4) is 5.75 Å². The van der Waals surface area contributed by atoms with Gasteiger partial charge in [0, 0.05) is 31.2 Å². The number of hydrogen-bond acceptors (Lipinski definition) is 6. The van der Waals surface area contributed by atoms with E-state index >= 15 is 0 Å². The fourth-order valence-corrected chi connectivity index (χ4v) is 2.60. The first-order valence-corrected chi connectivity index (χ1v) is 7.36. The van der Waals surface area contributed by atoms with Crippen molar-refractivity contribution in [2.45, 2.75) is 20.0 Å². The van der Waals surface area contributed by atoms with Crippen molar-refractivity contribution in [1.82, 2.24) is 14.5 Å². The Labute approximate surface area is 123 Å². The number of methoxy groups -OCH3 is 1. The summed E-state index contributed by atoms with van der Waals surface area (Å²) in [6.07, 6.45) is 0. The highest BCUT2D eigenvalue weighted by atomic mass is 32.1. The number of hydrogen-bond donors (Lipinski definition) is 1. The van der Waals surface area contributed by atoms with Gasteiger partial charge in [0.25, 0.3) is 0 Å². The van der Waals surface area contributed by atoms with E-state index < -0.39 is 0 Å². The number of benzene rings is 1. The first-order chi connectivity index (χ1) is 9.72. The van der Waals surface area contributed by atoms with Crippen molar-refractivity contribution in [3.05, 3.63) is 35.5 Å². The molecule has 1 N–H and O–H groups in total. The van der Waals surface area contributed by atoms with Gasteiger partial charge in [0.2, 0.25) is 0 Å². The molecule has 1 aromatic carbocycles. The summed E-state index contributed by atoms with van der Waals surface area (Å²) in [5.41, 5.74) is 2.26. The van der Waals surface area contributed by atoms with E-state index in [1.165, 1.54) is 17.1 Å². The zero-order chi connectivity index (χ0) is 14.4. The minimum absolute atomic E-state index is 0.783.